The molecule has 0 radical (unpaired) electrons. The molecule has 2 atom stereocenters. The summed E-state index contributed by atoms with van der Waals surface area (Å²) in [4.78, 5) is 18.5. The Bertz CT molecular complexity index is 837. The summed E-state index contributed by atoms with van der Waals surface area (Å²) >= 11 is 0. The molecule has 0 aliphatic carbocycles. The number of hydrogen-bond donors (Lipinski definition) is 1. The molecule has 0 spiro atoms. The van der Waals surface area contributed by atoms with E-state index in [1.807, 2.05) is 11.9 Å². The van der Waals surface area contributed by atoms with Gasteiger partial charge < -0.3 is 14.6 Å². The minimum absolute atomic E-state index is 0. The van der Waals surface area contributed by atoms with Gasteiger partial charge in [-0.2, -0.15) is 0 Å². The van der Waals surface area contributed by atoms with Gasteiger partial charge in [0.2, 0.25) is 5.91 Å². The van der Waals surface area contributed by atoms with Crippen LogP contribution in [0.5, 0.6) is 0 Å². The number of piperidine rings is 1. The maximum atomic E-state index is 13.8. The summed E-state index contributed by atoms with van der Waals surface area (Å²) in [5, 5.41) is 3.58. The number of oxazole rings is 1. The van der Waals surface area contributed by atoms with E-state index in [2.05, 4.69) is 10.3 Å². The molecule has 1 amide bonds. The average molecular weight is 448 g/mol. The summed E-state index contributed by atoms with van der Waals surface area (Å²) in [7, 11) is 1.87. The Morgan fingerprint density at radius 1 is 1.24 bits per heavy atom. The van der Waals surface area contributed by atoms with Crippen molar-refractivity contribution in [2.24, 2.45) is 0 Å². The predicted molar refractivity (Wildman–Crippen MR) is 110 cm³/mol. The maximum Gasteiger partial charge on any atom is 0.223 e. The summed E-state index contributed by atoms with van der Waals surface area (Å²) in [6.45, 7) is 0. The smallest absolute Gasteiger partial charge is 0.223 e. The standard InChI is InChI=1S/C20H23F2N3O2.2ClH/c1-25(15-9-13-3-4-14(10-15)24-13)20(26)7-6-19-23-11-18(27-19)16-5-2-12(21)8-17(16)22;;/h2,5,8,11,13-15,24H,3-4,6-7,9-10H2,1H3;2*1H. The number of benzene rings is 1. The van der Waals surface area contributed by atoms with Gasteiger partial charge in [0, 0.05) is 44.1 Å². The fourth-order valence-electron chi connectivity index (χ4n) is 4.18. The molecule has 29 heavy (non-hydrogen) atoms. The molecule has 2 aliphatic heterocycles. The van der Waals surface area contributed by atoms with Gasteiger partial charge in [-0.05, 0) is 37.8 Å². The number of halogens is 4. The molecule has 1 aromatic carbocycles. The number of nitrogens with zero attached hydrogens (tertiary/aromatic N) is 2. The minimum Gasteiger partial charge on any atom is -0.441 e. The third-order valence-electron chi connectivity index (χ3n) is 5.69. The molecular formula is C20H25Cl2F2N3O2. The maximum absolute atomic E-state index is 13.8. The molecule has 2 unspecified atom stereocenters. The molecule has 2 aliphatic rings. The van der Waals surface area contributed by atoms with E-state index >= 15 is 0 Å². The van der Waals surface area contributed by atoms with E-state index in [4.69, 9.17) is 4.42 Å². The van der Waals surface area contributed by atoms with Gasteiger partial charge in [-0.1, -0.05) is 0 Å². The van der Waals surface area contributed by atoms with E-state index in [0.29, 0.717) is 30.8 Å². The van der Waals surface area contributed by atoms with Gasteiger partial charge in [-0.15, -0.1) is 24.8 Å². The molecule has 9 heteroatoms. The molecule has 4 rings (SSSR count). The summed E-state index contributed by atoms with van der Waals surface area (Å²) in [5.41, 5.74) is 0.156. The van der Waals surface area contributed by atoms with Gasteiger partial charge in [0.05, 0.1) is 11.8 Å². The largest absolute Gasteiger partial charge is 0.441 e. The van der Waals surface area contributed by atoms with Crippen LogP contribution in [0.15, 0.2) is 28.8 Å². The van der Waals surface area contributed by atoms with Crippen LogP contribution in [0, 0.1) is 11.6 Å². The Balaban J connectivity index is 0.00000150. The lowest BCUT2D eigenvalue weighted by Gasteiger charge is -2.35. The lowest BCUT2D eigenvalue weighted by molar-refractivity contribution is -0.132. The normalized spacial score (nSPS) is 22.5. The number of hydrogen-bond acceptors (Lipinski definition) is 4. The van der Waals surface area contributed by atoms with Crippen molar-refractivity contribution in [1.29, 1.82) is 0 Å². The van der Waals surface area contributed by atoms with Crippen LogP contribution in [0.1, 0.15) is 38.0 Å². The van der Waals surface area contributed by atoms with Crippen molar-refractivity contribution in [3.63, 3.8) is 0 Å². The number of aryl methyl sites for hydroxylation is 1. The van der Waals surface area contributed by atoms with Crippen molar-refractivity contribution in [2.75, 3.05) is 7.05 Å². The number of carbonyl (C=O) groups excluding carboxylic acids is 1. The SMILES string of the molecule is CN(C(=O)CCc1ncc(-c2ccc(F)cc2F)o1)C1CC2CCC(C1)N2.Cl.Cl. The number of nitrogens with one attached hydrogen (secondary N) is 1. The van der Waals surface area contributed by atoms with E-state index < -0.39 is 11.6 Å². The van der Waals surface area contributed by atoms with Crippen molar-refractivity contribution >= 4 is 30.7 Å². The first-order chi connectivity index (χ1) is 13.0. The van der Waals surface area contributed by atoms with Gasteiger partial charge >= 0.3 is 0 Å². The number of fused-ring (bicyclic) bond motifs is 2. The Morgan fingerprint density at radius 3 is 2.59 bits per heavy atom. The monoisotopic (exact) mass is 447 g/mol. The highest BCUT2D eigenvalue weighted by Crippen LogP contribution is 2.30. The van der Waals surface area contributed by atoms with Gasteiger partial charge in [-0.25, -0.2) is 13.8 Å². The molecule has 2 bridgehead atoms. The first kappa shape index (κ1) is 23.6. The number of carbonyl (C=O) groups is 1. The fraction of sp³-hybridized carbons (Fsp3) is 0.500. The highest BCUT2D eigenvalue weighted by atomic mass is 35.5. The van der Waals surface area contributed by atoms with Crippen LogP contribution >= 0.6 is 24.8 Å². The molecule has 1 N–H and O–H groups in total. The molecule has 3 heterocycles. The van der Waals surface area contributed by atoms with Crippen molar-refractivity contribution < 1.29 is 18.0 Å². The molecule has 160 valence electrons. The Morgan fingerprint density at radius 2 is 1.93 bits per heavy atom. The van der Waals surface area contributed by atoms with Gasteiger partial charge in [0.1, 0.15) is 11.6 Å². The van der Waals surface area contributed by atoms with Crippen LogP contribution in [-0.4, -0.2) is 41.0 Å². The topological polar surface area (TPSA) is 58.4 Å². The van der Waals surface area contributed by atoms with Gasteiger partial charge in [0.15, 0.2) is 11.7 Å². The van der Waals surface area contributed by atoms with Crippen LogP contribution in [0.4, 0.5) is 8.78 Å². The second kappa shape index (κ2) is 9.87. The molecule has 2 aromatic rings. The molecule has 0 saturated carbocycles. The third-order valence-corrected chi connectivity index (χ3v) is 5.69. The zero-order valence-corrected chi connectivity index (χ0v) is 17.7. The van der Waals surface area contributed by atoms with Gasteiger partial charge in [-0.3, -0.25) is 4.79 Å². The van der Waals surface area contributed by atoms with Gasteiger partial charge in [0.25, 0.3) is 0 Å². The van der Waals surface area contributed by atoms with Crippen LogP contribution in [-0.2, 0) is 11.2 Å². The minimum atomic E-state index is -0.700. The number of rotatable bonds is 5. The van der Waals surface area contributed by atoms with Crippen LogP contribution < -0.4 is 5.32 Å². The molecule has 2 fully saturated rings. The second-order valence-electron chi connectivity index (χ2n) is 7.51. The van der Waals surface area contributed by atoms with Crippen molar-refractivity contribution in [3.05, 3.63) is 41.9 Å². The van der Waals surface area contributed by atoms with Crippen molar-refractivity contribution in [3.8, 4) is 11.3 Å². The Kier molecular flexibility index (Phi) is 8.02. The van der Waals surface area contributed by atoms with Crippen LogP contribution in [0.25, 0.3) is 11.3 Å². The summed E-state index contributed by atoms with van der Waals surface area (Å²) in [5.74, 6) is -0.668. The third kappa shape index (κ3) is 5.27. The first-order valence-corrected chi connectivity index (χ1v) is 9.41. The highest BCUT2D eigenvalue weighted by molar-refractivity contribution is 5.85. The quantitative estimate of drug-likeness (QED) is 0.747. The molecule has 1 aromatic heterocycles. The van der Waals surface area contributed by atoms with E-state index in [-0.39, 0.29) is 48.1 Å². The summed E-state index contributed by atoms with van der Waals surface area (Å²) in [6, 6.07) is 4.64. The first-order valence-electron chi connectivity index (χ1n) is 9.41. The molecule has 2 saturated heterocycles. The van der Waals surface area contributed by atoms with Crippen LogP contribution in [0.2, 0.25) is 0 Å². The molecule has 5 nitrogen and oxygen atoms in total. The lowest BCUT2D eigenvalue weighted by atomic mass is 9.98. The number of aromatic nitrogens is 1. The second-order valence-corrected chi connectivity index (χ2v) is 7.51. The predicted octanol–water partition coefficient (Wildman–Crippen LogP) is 4.14. The van der Waals surface area contributed by atoms with Crippen molar-refractivity contribution in [1.82, 2.24) is 15.2 Å². The average Bonchev–Trinajstić information content (AvgIpc) is 3.25. The lowest BCUT2D eigenvalue weighted by Crippen LogP contribution is -2.48. The van der Waals surface area contributed by atoms with E-state index in [9.17, 15) is 13.6 Å². The number of amides is 1. The van der Waals surface area contributed by atoms with Crippen molar-refractivity contribution in [2.45, 2.75) is 56.7 Å². The Hall–Kier alpha value is -1.70. The van der Waals surface area contributed by atoms with E-state index in [1.54, 1.807) is 0 Å². The van der Waals surface area contributed by atoms with Crippen LogP contribution in [0.3, 0.4) is 0 Å². The zero-order valence-electron chi connectivity index (χ0n) is 16.1. The van der Waals surface area contributed by atoms with E-state index in [1.165, 1.54) is 31.2 Å². The highest BCUT2D eigenvalue weighted by Gasteiger charge is 2.36. The zero-order chi connectivity index (χ0) is 19.0. The fourth-order valence-corrected chi connectivity index (χ4v) is 4.18. The summed E-state index contributed by atoms with van der Waals surface area (Å²) in [6.07, 6.45) is 6.46. The van der Waals surface area contributed by atoms with E-state index in [0.717, 1.165) is 18.9 Å². The molecular weight excluding hydrogens is 423 g/mol. The summed E-state index contributed by atoms with van der Waals surface area (Å²) < 4.78 is 32.4. The Labute approximate surface area is 181 Å².